The average Bonchev–Trinajstić information content (AvgIpc) is 3.35. The van der Waals surface area contributed by atoms with Crippen LogP contribution >= 0.6 is 24.0 Å². The minimum atomic E-state index is -4.83. The molecule has 40 heavy (non-hydrogen) atoms. The first-order valence-corrected chi connectivity index (χ1v) is 13.7. The molecule has 0 saturated carbocycles. The van der Waals surface area contributed by atoms with Crippen molar-refractivity contribution in [2.24, 2.45) is 5.92 Å². The van der Waals surface area contributed by atoms with Gasteiger partial charge in [-0.15, -0.1) is 12.4 Å². The molecule has 1 atom stereocenters. The van der Waals surface area contributed by atoms with Crippen molar-refractivity contribution in [1.82, 2.24) is 14.7 Å². The highest BCUT2D eigenvalue weighted by Crippen LogP contribution is 2.40. The third kappa shape index (κ3) is 6.26. The maximum Gasteiger partial charge on any atom is 0.433 e. The Labute approximate surface area is 243 Å². The Morgan fingerprint density at radius 2 is 1.93 bits per heavy atom. The van der Waals surface area contributed by atoms with Crippen LogP contribution in [0.5, 0.6) is 0 Å². The third-order valence-corrected chi connectivity index (χ3v) is 7.80. The van der Waals surface area contributed by atoms with Crippen molar-refractivity contribution in [2.75, 3.05) is 31.1 Å². The molecule has 0 bridgehead atoms. The number of hydrogen-bond acceptors (Lipinski definition) is 4. The molecular formula is C29H33Cl2F3N4O2. The van der Waals surface area contributed by atoms with Gasteiger partial charge in [0.25, 0.3) is 0 Å². The van der Waals surface area contributed by atoms with E-state index in [2.05, 4.69) is 42.0 Å². The predicted molar refractivity (Wildman–Crippen MR) is 153 cm³/mol. The summed E-state index contributed by atoms with van der Waals surface area (Å²) in [5.74, 6) is -1.03. The summed E-state index contributed by atoms with van der Waals surface area (Å²) in [5.41, 5.74) is 3.46. The second-order valence-corrected chi connectivity index (χ2v) is 11.4. The van der Waals surface area contributed by atoms with Gasteiger partial charge in [-0.3, -0.25) is 9.58 Å². The maximum absolute atomic E-state index is 13.9. The first kappa shape index (κ1) is 30.2. The normalized spacial score (nSPS) is 18.0. The summed E-state index contributed by atoms with van der Waals surface area (Å²) in [4.78, 5) is 16.0. The van der Waals surface area contributed by atoms with Crippen LogP contribution in [-0.2, 0) is 19.1 Å². The van der Waals surface area contributed by atoms with Crippen molar-refractivity contribution in [3.63, 3.8) is 0 Å². The Hall–Kier alpha value is -2.75. The Bertz CT molecular complexity index is 1380. The smallest absolute Gasteiger partial charge is 0.433 e. The zero-order chi connectivity index (χ0) is 27.9. The molecule has 0 radical (unpaired) electrons. The van der Waals surface area contributed by atoms with Crippen LogP contribution in [0.3, 0.4) is 0 Å². The van der Waals surface area contributed by atoms with Crippen LogP contribution < -0.4 is 4.90 Å². The fourth-order valence-corrected chi connectivity index (χ4v) is 6.08. The molecule has 1 fully saturated rings. The van der Waals surface area contributed by atoms with Gasteiger partial charge in [0.05, 0.1) is 12.2 Å². The monoisotopic (exact) mass is 596 g/mol. The molecule has 0 spiro atoms. The molecular weight excluding hydrogens is 564 g/mol. The number of carbonyl (C=O) groups is 1. The molecule has 0 aliphatic carbocycles. The number of benzene rings is 2. The molecule has 3 aromatic rings. The van der Waals surface area contributed by atoms with E-state index >= 15 is 0 Å². The van der Waals surface area contributed by atoms with E-state index in [4.69, 9.17) is 11.6 Å². The summed E-state index contributed by atoms with van der Waals surface area (Å²) in [5, 5.41) is 13.7. The second kappa shape index (κ2) is 12.0. The lowest BCUT2D eigenvalue weighted by Gasteiger charge is -2.36. The van der Waals surface area contributed by atoms with E-state index in [-0.39, 0.29) is 19.0 Å². The van der Waals surface area contributed by atoms with E-state index < -0.39 is 29.4 Å². The Morgan fingerprint density at radius 1 is 1.15 bits per heavy atom. The molecule has 216 valence electrons. The number of anilines is 1. The molecule has 11 heteroatoms. The first-order valence-electron chi connectivity index (χ1n) is 13.3. The van der Waals surface area contributed by atoms with Crippen molar-refractivity contribution in [1.29, 1.82) is 0 Å². The average molecular weight is 598 g/mol. The van der Waals surface area contributed by atoms with Crippen LogP contribution in [-0.4, -0.2) is 51.9 Å². The zero-order valence-electron chi connectivity index (χ0n) is 22.4. The molecule has 1 N–H and O–H groups in total. The van der Waals surface area contributed by atoms with Gasteiger partial charge >= 0.3 is 12.1 Å². The lowest BCUT2D eigenvalue weighted by Crippen LogP contribution is -2.38. The van der Waals surface area contributed by atoms with Crippen molar-refractivity contribution < 1.29 is 23.1 Å². The van der Waals surface area contributed by atoms with Crippen LogP contribution in [0.25, 0.3) is 11.1 Å². The predicted octanol–water partition coefficient (Wildman–Crippen LogP) is 7.20. The fourth-order valence-electron chi connectivity index (χ4n) is 5.91. The van der Waals surface area contributed by atoms with Gasteiger partial charge in [-0.1, -0.05) is 49.7 Å². The molecule has 2 aromatic carbocycles. The number of carboxylic acids is 1. The van der Waals surface area contributed by atoms with Gasteiger partial charge in [0.1, 0.15) is 5.56 Å². The van der Waals surface area contributed by atoms with Gasteiger partial charge in [0.2, 0.25) is 0 Å². The molecule has 1 aromatic heterocycles. The van der Waals surface area contributed by atoms with Crippen molar-refractivity contribution in [3.05, 3.63) is 70.0 Å². The van der Waals surface area contributed by atoms with Gasteiger partial charge in [-0.25, -0.2) is 4.79 Å². The van der Waals surface area contributed by atoms with Crippen molar-refractivity contribution >= 4 is 35.7 Å². The molecule has 3 heterocycles. The van der Waals surface area contributed by atoms with Gasteiger partial charge in [-0.2, -0.15) is 18.3 Å². The molecule has 1 saturated heterocycles. The van der Waals surface area contributed by atoms with Crippen LogP contribution in [0, 0.1) is 5.92 Å². The first-order chi connectivity index (χ1) is 18.5. The number of piperidine rings is 1. The Kier molecular flexibility index (Phi) is 9.07. The number of carboxylic acid groups (broad SMARTS) is 1. The highest BCUT2D eigenvalue weighted by Gasteiger charge is 2.42. The summed E-state index contributed by atoms with van der Waals surface area (Å²) >= 11 is 6.41. The number of aromatic carboxylic acids is 1. The highest BCUT2D eigenvalue weighted by atomic mass is 35.5. The van der Waals surface area contributed by atoms with Crippen LogP contribution in [0.4, 0.5) is 18.9 Å². The number of nitrogens with zero attached hydrogens (tertiary/aromatic N) is 4. The van der Waals surface area contributed by atoms with Crippen LogP contribution in [0.2, 0.25) is 5.02 Å². The lowest BCUT2D eigenvalue weighted by molar-refractivity contribution is -0.145. The Balaban J connectivity index is 0.00000370. The molecule has 2 aliphatic heterocycles. The summed E-state index contributed by atoms with van der Waals surface area (Å²) in [6.07, 6.45) is -1.98. The summed E-state index contributed by atoms with van der Waals surface area (Å²) in [6.45, 7) is 8.37. The quantitative estimate of drug-likeness (QED) is 0.326. The minimum absolute atomic E-state index is 0. The molecule has 2 aliphatic rings. The van der Waals surface area contributed by atoms with Gasteiger partial charge in [0.15, 0.2) is 5.69 Å². The zero-order valence-corrected chi connectivity index (χ0v) is 24.0. The summed E-state index contributed by atoms with van der Waals surface area (Å²) in [7, 11) is 0. The second-order valence-electron chi connectivity index (χ2n) is 10.9. The maximum atomic E-state index is 13.9. The van der Waals surface area contributed by atoms with E-state index in [1.807, 2.05) is 23.1 Å². The van der Waals surface area contributed by atoms with Gasteiger partial charge in [-0.05, 0) is 54.0 Å². The van der Waals surface area contributed by atoms with E-state index in [9.17, 15) is 23.1 Å². The van der Waals surface area contributed by atoms with Crippen molar-refractivity contribution in [3.8, 4) is 11.1 Å². The number of fused-ring (bicyclic) bond motifs is 1. The number of hydrogen-bond donors (Lipinski definition) is 1. The summed E-state index contributed by atoms with van der Waals surface area (Å²) < 4.78 is 42.5. The fraction of sp³-hybridized carbons (Fsp3) is 0.448. The number of rotatable bonds is 6. The topological polar surface area (TPSA) is 61.6 Å². The minimum Gasteiger partial charge on any atom is -0.478 e. The summed E-state index contributed by atoms with van der Waals surface area (Å²) in [6, 6.07) is 11.5. The SMILES string of the molecule is CC(C)CN1CCc2cc(-c3ccc(Cl)cc3N3CCCC(n4ncc(C(=O)O)c4C(F)(F)F)C3)ccc2C1.Cl. The molecule has 0 amide bonds. The van der Waals surface area contributed by atoms with E-state index in [1.165, 1.54) is 11.1 Å². The van der Waals surface area contributed by atoms with E-state index in [1.54, 1.807) is 0 Å². The molecule has 5 rings (SSSR count). The van der Waals surface area contributed by atoms with Gasteiger partial charge in [0, 0.05) is 49.0 Å². The third-order valence-electron chi connectivity index (χ3n) is 7.57. The van der Waals surface area contributed by atoms with Crippen LogP contribution in [0.15, 0.2) is 42.6 Å². The van der Waals surface area contributed by atoms with E-state index in [0.29, 0.717) is 30.3 Å². The standard InChI is InChI=1S/C29H32ClF3N4O2.ClH/c1-18(2)15-35-11-9-19-12-20(5-6-21(19)16-35)24-8-7-22(30)13-26(24)36-10-3-4-23(17-36)37-27(29(31,32)33)25(14-34-37)28(38)39;/h5-8,12-14,18,23H,3-4,9-11,15-17H2,1-2H3,(H,38,39);1H. The largest absolute Gasteiger partial charge is 0.478 e. The van der Waals surface area contributed by atoms with E-state index in [0.717, 1.165) is 53.7 Å². The Morgan fingerprint density at radius 3 is 2.62 bits per heavy atom. The molecule has 1 unspecified atom stereocenters. The number of halogens is 5. The van der Waals surface area contributed by atoms with Crippen LogP contribution in [0.1, 0.15) is 59.9 Å². The van der Waals surface area contributed by atoms with Crippen molar-refractivity contribution in [2.45, 2.75) is 51.9 Å². The number of alkyl halides is 3. The number of aromatic nitrogens is 2. The van der Waals surface area contributed by atoms with Gasteiger partial charge < -0.3 is 10.0 Å². The highest BCUT2D eigenvalue weighted by molar-refractivity contribution is 6.31. The molecule has 6 nitrogen and oxygen atoms in total. The lowest BCUT2D eigenvalue weighted by atomic mass is 9.93.